The summed E-state index contributed by atoms with van der Waals surface area (Å²) in [5.41, 5.74) is 1.76. The molecule has 0 spiro atoms. The van der Waals surface area contributed by atoms with Gasteiger partial charge in [0.05, 0.1) is 0 Å². The van der Waals surface area contributed by atoms with Crippen molar-refractivity contribution in [1.82, 2.24) is 0 Å². The van der Waals surface area contributed by atoms with Crippen molar-refractivity contribution >= 4 is 0 Å². The van der Waals surface area contributed by atoms with Crippen molar-refractivity contribution in [2.45, 2.75) is 89.0 Å². The Morgan fingerprint density at radius 1 is 0.708 bits per heavy atom. The van der Waals surface area contributed by atoms with Crippen molar-refractivity contribution in [1.29, 1.82) is 0 Å². The maximum absolute atomic E-state index is 2.59. The molecule has 0 N–H and O–H groups in total. The lowest BCUT2D eigenvalue weighted by Crippen LogP contribution is -2.67. The van der Waals surface area contributed by atoms with E-state index < -0.39 is 0 Å². The second-order valence-corrected chi connectivity index (χ2v) is 12.6. The lowest BCUT2D eigenvalue weighted by atomic mass is 9.30. The fourth-order valence-corrected chi connectivity index (χ4v) is 9.63. The van der Waals surface area contributed by atoms with Gasteiger partial charge in [0.1, 0.15) is 0 Å². The molecule has 3 fully saturated rings. The molecule has 0 aromatic heterocycles. The fraction of sp³-hybridized carbons (Fsp3) is 1.00. The van der Waals surface area contributed by atoms with Gasteiger partial charge in [0.2, 0.25) is 0 Å². The van der Waals surface area contributed by atoms with Crippen LogP contribution in [0.4, 0.5) is 0 Å². The second kappa shape index (κ2) is 5.04. The van der Waals surface area contributed by atoms with Crippen LogP contribution in [0.15, 0.2) is 0 Å². The van der Waals surface area contributed by atoms with E-state index in [4.69, 9.17) is 0 Å². The standard InChI is InChI=1S/C24H44/c1-14-15(2)19-16(3)17(4)20(19)18(14)12-24(21(5,6)7)22(8,9)13-23(24,10)11/h14-20H,12-13H2,1-11H3. The van der Waals surface area contributed by atoms with Crippen LogP contribution in [-0.4, -0.2) is 0 Å². The zero-order chi connectivity index (χ0) is 18.5. The maximum Gasteiger partial charge on any atom is -0.0143 e. The van der Waals surface area contributed by atoms with E-state index in [1.54, 1.807) is 0 Å². The molecule has 0 aliphatic heterocycles. The molecule has 7 atom stereocenters. The number of rotatable bonds is 2. The van der Waals surface area contributed by atoms with Gasteiger partial charge in [-0.15, -0.1) is 0 Å². The molecule has 0 aromatic carbocycles. The first-order chi connectivity index (χ1) is 10.7. The van der Waals surface area contributed by atoms with Gasteiger partial charge in [-0.2, -0.15) is 0 Å². The fourth-order valence-electron chi connectivity index (χ4n) is 9.63. The molecule has 0 saturated heterocycles. The normalized spacial score (nSPS) is 48.4. The predicted molar refractivity (Wildman–Crippen MR) is 106 cm³/mol. The number of hydrogen-bond donors (Lipinski definition) is 0. The summed E-state index contributed by atoms with van der Waals surface area (Å²) in [6.45, 7) is 28.1. The summed E-state index contributed by atoms with van der Waals surface area (Å²) >= 11 is 0. The van der Waals surface area contributed by atoms with E-state index in [1.165, 1.54) is 12.8 Å². The molecule has 24 heavy (non-hydrogen) atoms. The molecule has 0 bridgehead atoms. The SMILES string of the molecule is CC1C(C)C2C(C)C(C)C2C1CC1(C(C)(C)C)C(C)(C)CC1(C)C. The molecule has 3 aliphatic carbocycles. The Balaban J connectivity index is 1.98. The van der Waals surface area contributed by atoms with Gasteiger partial charge in [0.15, 0.2) is 0 Å². The molecule has 0 aromatic rings. The highest BCUT2D eigenvalue weighted by Gasteiger charge is 2.71. The zero-order valence-corrected chi connectivity index (χ0v) is 18.5. The van der Waals surface area contributed by atoms with Crippen molar-refractivity contribution in [2.24, 2.45) is 63.1 Å². The largest absolute Gasteiger partial charge is 0.0620 e. The summed E-state index contributed by atoms with van der Waals surface area (Å²) in [4.78, 5) is 0. The molecule has 3 saturated carbocycles. The molecule has 3 rings (SSSR count). The van der Waals surface area contributed by atoms with E-state index in [0.29, 0.717) is 21.7 Å². The van der Waals surface area contributed by atoms with Crippen LogP contribution >= 0.6 is 0 Å². The van der Waals surface area contributed by atoms with Crippen LogP contribution in [-0.2, 0) is 0 Å². The second-order valence-electron chi connectivity index (χ2n) is 12.6. The van der Waals surface area contributed by atoms with E-state index in [2.05, 4.69) is 76.2 Å². The highest BCUT2D eigenvalue weighted by atomic mass is 14.8. The third-order valence-corrected chi connectivity index (χ3v) is 10.1. The van der Waals surface area contributed by atoms with Gasteiger partial charge in [-0.3, -0.25) is 0 Å². The van der Waals surface area contributed by atoms with Gasteiger partial charge in [0.25, 0.3) is 0 Å². The lowest BCUT2D eigenvalue weighted by molar-refractivity contribution is -0.259. The van der Waals surface area contributed by atoms with Crippen LogP contribution in [0.2, 0.25) is 0 Å². The first-order valence-corrected chi connectivity index (χ1v) is 10.7. The van der Waals surface area contributed by atoms with Gasteiger partial charge >= 0.3 is 0 Å². The van der Waals surface area contributed by atoms with Crippen LogP contribution < -0.4 is 0 Å². The van der Waals surface area contributed by atoms with Crippen LogP contribution in [0.25, 0.3) is 0 Å². The van der Waals surface area contributed by atoms with Crippen LogP contribution in [0.1, 0.15) is 89.0 Å². The molecular formula is C24H44. The van der Waals surface area contributed by atoms with Gasteiger partial charge < -0.3 is 0 Å². The number of hydrogen-bond acceptors (Lipinski definition) is 0. The lowest BCUT2D eigenvalue weighted by Gasteiger charge is -2.74. The summed E-state index contributed by atoms with van der Waals surface area (Å²) in [5.74, 6) is 6.66. The average molecular weight is 333 g/mol. The van der Waals surface area contributed by atoms with Crippen LogP contribution in [0.3, 0.4) is 0 Å². The van der Waals surface area contributed by atoms with Crippen molar-refractivity contribution in [3.63, 3.8) is 0 Å². The maximum atomic E-state index is 2.59. The van der Waals surface area contributed by atoms with Crippen LogP contribution in [0, 0.1) is 63.1 Å². The topological polar surface area (TPSA) is 0 Å². The van der Waals surface area contributed by atoms with E-state index in [0.717, 1.165) is 41.4 Å². The molecule has 0 heteroatoms. The Morgan fingerprint density at radius 2 is 1.12 bits per heavy atom. The first kappa shape index (κ1) is 18.8. The van der Waals surface area contributed by atoms with E-state index in [1.807, 2.05) is 0 Å². The molecule has 140 valence electrons. The Kier molecular flexibility index (Phi) is 3.94. The van der Waals surface area contributed by atoms with E-state index in [9.17, 15) is 0 Å². The molecule has 0 heterocycles. The first-order valence-electron chi connectivity index (χ1n) is 10.7. The van der Waals surface area contributed by atoms with Crippen LogP contribution in [0.5, 0.6) is 0 Å². The molecule has 3 aliphatic rings. The Bertz CT molecular complexity index is 471. The Morgan fingerprint density at radius 3 is 1.54 bits per heavy atom. The minimum atomic E-state index is 0.373. The summed E-state index contributed by atoms with van der Waals surface area (Å²) in [5, 5.41) is 0. The minimum absolute atomic E-state index is 0.373. The summed E-state index contributed by atoms with van der Waals surface area (Å²) < 4.78 is 0. The average Bonchev–Trinajstić information content (AvgIpc) is 2.62. The number of fused-ring (bicyclic) bond motifs is 1. The minimum Gasteiger partial charge on any atom is -0.0620 e. The van der Waals surface area contributed by atoms with Gasteiger partial charge in [-0.1, -0.05) is 76.2 Å². The molecule has 0 nitrogen and oxygen atoms in total. The molecule has 0 amide bonds. The molecular weight excluding hydrogens is 288 g/mol. The van der Waals surface area contributed by atoms with Gasteiger partial charge in [0, 0.05) is 0 Å². The Labute approximate surface area is 152 Å². The van der Waals surface area contributed by atoms with Gasteiger partial charge in [-0.25, -0.2) is 0 Å². The quantitative estimate of drug-likeness (QED) is 0.498. The zero-order valence-electron chi connectivity index (χ0n) is 18.5. The smallest absolute Gasteiger partial charge is 0.0143 e. The summed E-state index contributed by atoms with van der Waals surface area (Å²) in [6.07, 6.45) is 2.84. The van der Waals surface area contributed by atoms with Crippen molar-refractivity contribution in [3.05, 3.63) is 0 Å². The van der Waals surface area contributed by atoms with E-state index >= 15 is 0 Å². The molecule has 0 radical (unpaired) electrons. The van der Waals surface area contributed by atoms with Gasteiger partial charge in [-0.05, 0) is 75.9 Å². The van der Waals surface area contributed by atoms with Crippen molar-refractivity contribution in [3.8, 4) is 0 Å². The summed E-state index contributed by atoms with van der Waals surface area (Å²) in [7, 11) is 0. The third-order valence-electron chi connectivity index (χ3n) is 10.1. The highest BCUT2D eigenvalue weighted by Crippen LogP contribution is 2.78. The predicted octanol–water partition coefficient (Wildman–Crippen LogP) is 7.29. The Hall–Kier alpha value is 0. The van der Waals surface area contributed by atoms with E-state index in [-0.39, 0.29) is 0 Å². The van der Waals surface area contributed by atoms with Crippen molar-refractivity contribution in [2.75, 3.05) is 0 Å². The third kappa shape index (κ3) is 1.98. The molecule has 7 unspecified atom stereocenters. The highest BCUT2D eigenvalue weighted by molar-refractivity contribution is 5.19. The van der Waals surface area contributed by atoms with Crippen molar-refractivity contribution < 1.29 is 0 Å². The summed E-state index contributed by atoms with van der Waals surface area (Å²) in [6, 6.07) is 0. The monoisotopic (exact) mass is 332 g/mol.